The Labute approximate surface area is 225 Å². The van der Waals surface area contributed by atoms with E-state index >= 15 is 0 Å². The molecule has 1 aromatic heterocycles. The summed E-state index contributed by atoms with van der Waals surface area (Å²) < 4.78 is 29.5. The molecule has 1 aliphatic heterocycles. The summed E-state index contributed by atoms with van der Waals surface area (Å²) in [6.45, 7) is 5.93. The third kappa shape index (κ3) is 6.69. The van der Waals surface area contributed by atoms with Crippen molar-refractivity contribution < 1.29 is 28.2 Å². The van der Waals surface area contributed by atoms with E-state index in [-0.39, 0.29) is 30.4 Å². The Kier molecular flexibility index (Phi) is 9.33. The minimum absolute atomic E-state index is 0.203. The zero-order valence-electron chi connectivity index (χ0n) is 21.8. The highest BCUT2D eigenvalue weighted by Crippen LogP contribution is 2.36. The molecule has 0 saturated carbocycles. The summed E-state index contributed by atoms with van der Waals surface area (Å²) in [5.41, 5.74) is 2.62. The maximum atomic E-state index is 13.4. The molecule has 0 bridgehead atoms. The Hall–Kier alpha value is -3.47. The third-order valence-corrected chi connectivity index (χ3v) is 7.29. The first kappa shape index (κ1) is 27.6. The molecule has 1 saturated heterocycles. The summed E-state index contributed by atoms with van der Waals surface area (Å²) in [7, 11) is 3.30. The van der Waals surface area contributed by atoms with Crippen molar-refractivity contribution in [2.45, 2.75) is 13.5 Å². The number of hydrogen-bond donors (Lipinski definition) is 1. The van der Waals surface area contributed by atoms with E-state index < -0.39 is 5.97 Å². The molecular formula is C28H32FN3O5S. The second-order valence-corrected chi connectivity index (χ2v) is 9.74. The summed E-state index contributed by atoms with van der Waals surface area (Å²) >= 11 is 1.25. The molecule has 0 radical (unpaired) electrons. The van der Waals surface area contributed by atoms with Crippen LogP contribution < -0.4 is 14.8 Å². The van der Waals surface area contributed by atoms with Crippen LogP contribution in [0.1, 0.15) is 22.8 Å². The number of thiophene rings is 1. The van der Waals surface area contributed by atoms with Crippen LogP contribution in [0.3, 0.4) is 0 Å². The number of halogens is 1. The third-order valence-electron chi connectivity index (χ3n) is 6.39. The molecule has 1 aliphatic rings. The largest absolute Gasteiger partial charge is 0.497 e. The normalized spacial score (nSPS) is 14.2. The molecule has 0 spiro atoms. The van der Waals surface area contributed by atoms with E-state index in [1.165, 1.54) is 23.5 Å². The van der Waals surface area contributed by atoms with Gasteiger partial charge in [0.15, 0.2) is 0 Å². The van der Waals surface area contributed by atoms with Crippen molar-refractivity contribution in [2.24, 2.45) is 0 Å². The predicted molar refractivity (Wildman–Crippen MR) is 146 cm³/mol. The number of nitrogens with zero attached hydrogens (tertiary/aromatic N) is 2. The van der Waals surface area contributed by atoms with Gasteiger partial charge in [-0.1, -0.05) is 12.1 Å². The molecule has 8 nitrogen and oxygen atoms in total. The first-order valence-corrected chi connectivity index (χ1v) is 13.3. The van der Waals surface area contributed by atoms with E-state index in [2.05, 4.69) is 15.1 Å². The highest BCUT2D eigenvalue weighted by Gasteiger charge is 2.25. The molecule has 3 aromatic rings. The number of amides is 1. The summed E-state index contributed by atoms with van der Waals surface area (Å²) in [5.74, 6) is 0.518. The van der Waals surface area contributed by atoms with Gasteiger partial charge in [0.2, 0.25) is 5.91 Å². The fourth-order valence-corrected chi connectivity index (χ4v) is 5.39. The van der Waals surface area contributed by atoms with Crippen molar-refractivity contribution in [2.75, 3.05) is 58.9 Å². The number of hydrogen-bond acceptors (Lipinski definition) is 8. The number of carbonyl (C=O) groups is 2. The van der Waals surface area contributed by atoms with E-state index in [1.807, 2.05) is 18.2 Å². The highest BCUT2D eigenvalue weighted by atomic mass is 32.1. The number of nitrogens with one attached hydrogen (secondary N) is 1. The van der Waals surface area contributed by atoms with Crippen LogP contribution >= 0.6 is 11.3 Å². The molecule has 202 valence electrons. The quantitative estimate of drug-likeness (QED) is 0.379. The van der Waals surface area contributed by atoms with Gasteiger partial charge in [-0.15, -0.1) is 11.3 Å². The Balaban J connectivity index is 1.37. The Morgan fingerprint density at radius 3 is 2.37 bits per heavy atom. The van der Waals surface area contributed by atoms with Gasteiger partial charge in [-0.3, -0.25) is 14.6 Å². The first-order valence-electron chi connectivity index (χ1n) is 12.4. The van der Waals surface area contributed by atoms with Gasteiger partial charge in [-0.2, -0.15) is 0 Å². The van der Waals surface area contributed by atoms with Gasteiger partial charge in [0.1, 0.15) is 27.9 Å². The van der Waals surface area contributed by atoms with Crippen molar-refractivity contribution in [1.29, 1.82) is 0 Å². The molecule has 0 atom stereocenters. The molecule has 2 heterocycles. The van der Waals surface area contributed by atoms with Crippen LogP contribution in [0.5, 0.6) is 11.5 Å². The number of carbonyl (C=O) groups excluding carboxylic acids is 2. The standard InChI is InChI=1S/C28H32FN3O5S/c1-4-37-28(34)26-23(19-5-7-21(29)8-6-19)18-38-27(26)30-25(33)17-32-13-11-31(12-14-32)16-20-15-22(35-2)9-10-24(20)36-3/h5-10,15,18H,4,11-14,16-17H2,1-3H3,(H,30,33). The van der Waals surface area contributed by atoms with Crippen LogP contribution in [0, 0.1) is 5.82 Å². The predicted octanol–water partition coefficient (Wildman–Crippen LogP) is 4.50. The fraction of sp³-hybridized carbons (Fsp3) is 0.357. The Bertz CT molecular complexity index is 1260. The topological polar surface area (TPSA) is 80.3 Å². The van der Waals surface area contributed by atoms with Crippen molar-refractivity contribution in [3.05, 3.63) is 64.8 Å². The van der Waals surface area contributed by atoms with Gasteiger partial charge in [-0.05, 0) is 42.8 Å². The second-order valence-electron chi connectivity index (χ2n) is 8.86. The summed E-state index contributed by atoms with van der Waals surface area (Å²) in [5, 5.41) is 5.10. The number of piperazine rings is 1. The zero-order chi connectivity index (χ0) is 27.1. The van der Waals surface area contributed by atoms with Gasteiger partial charge >= 0.3 is 5.97 Å². The fourth-order valence-electron chi connectivity index (χ4n) is 4.42. The van der Waals surface area contributed by atoms with Gasteiger partial charge < -0.3 is 19.5 Å². The lowest BCUT2D eigenvalue weighted by Crippen LogP contribution is -2.48. The van der Waals surface area contributed by atoms with Crippen molar-refractivity contribution in [3.63, 3.8) is 0 Å². The Morgan fingerprint density at radius 2 is 1.71 bits per heavy atom. The van der Waals surface area contributed by atoms with Gasteiger partial charge in [-0.25, -0.2) is 9.18 Å². The SMILES string of the molecule is CCOC(=O)c1c(-c2ccc(F)cc2)csc1NC(=O)CN1CCN(Cc2cc(OC)ccc2OC)CC1. The average molecular weight is 542 g/mol. The number of rotatable bonds is 10. The summed E-state index contributed by atoms with van der Waals surface area (Å²) in [4.78, 5) is 30.1. The lowest BCUT2D eigenvalue weighted by atomic mass is 10.0. The van der Waals surface area contributed by atoms with Crippen LogP contribution in [-0.4, -0.2) is 75.2 Å². The molecule has 0 aliphatic carbocycles. The van der Waals surface area contributed by atoms with E-state index in [0.717, 1.165) is 49.8 Å². The lowest BCUT2D eigenvalue weighted by molar-refractivity contribution is -0.117. The molecule has 2 aromatic carbocycles. The number of benzene rings is 2. The smallest absolute Gasteiger partial charge is 0.341 e. The van der Waals surface area contributed by atoms with Crippen molar-refractivity contribution in [3.8, 4) is 22.6 Å². The molecular weight excluding hydrogens is 509 g/mol. The van der Waals surface area contributed by atoms with Gasteiger partial charge in [0, 0.05) is 49.2 Å². The van der Waals surface area contributed by atoms with Crippen LogP contribution in [0.25, 0.3) is 11.1 Å². The van der Waals surface area contributed by atoms with E-state index in [0.29, 0.717) is 16.1 Å². The van der Waals surface area contributed by atoms with Crippen LogP contribution in [0.2, 0.25) is 0 Å². The van der Waals surface area contributed by atoms with Crippen molar-refractivity contribution >= 4 is 28.2 Å². The van der Waals surface area contributed by atoms with E-state index in [4.69, 9.17) is 14.2 Å². The second kappa shape index (κ2) is 12.9. The Morgan fingerprint density at radius 1 is 1.00 bits per heavy atom. The lowest BCUT2D eigenvalue weighted by Gasteiger charge is -2.34. The number of ether oxygens (including phenoxy) is 3. The monoisotopic (exact) mass is 541 g/mol. The number of esters is 1. The molecule has 38 heavy (non-hydrogen) atoms. The molecule has 0 unspecified atom stereocenters. The number of methoxy groups -OCH3 is 2. The highest BCUT2D eigenvalue weighted by molar-refractivity contribution is 7.15. The maximum Gasteiger partial charge on any atom is 0.341 e. The van der Waals surface area contributed by atoms with Crippen LogP contribution in [0.15, 0.2) is 47.8 Å². The molecule has 10 heteroatoms. The van der Waals surface area contributed by atoms with Gasteiger partial charge in [0.25, 0.3) is 0 Å². The number of anilines is 1. The minimum Gasteiger partial charge on any atom is -0.497 e. The zero-order valence-corrected chi connectivity index (χ0v) is 22.6. The van der Waals surface area contributed by atoms with E-state index in [9.17, 15) is 14.0 Å². The average Bonchev–Trinajstić information content (AvgIpc) is 3.33. The summed E-state index contributed by atoms with van der Waals surface area (Å²) in [6.07, 6.45) is 0. The summed E-state index contributed by atoms with van der Waals surface area (Å²) in [6, 6.07) is 11.7. The maximum absolute atomic E-state index is 13.4. The van der Waals surface area contributed by atoms with Crippen LogP contribution in [0.4, 0.5) is 9.39 Å². The molecule has 4 rings (SSSR count). The first-order chi connectivity index (χ1) is 18.4. The van der Waals surface area contributed by atoms with Crippen molar-refractivity contribution in [1.82, 2.24) is 9.80 Å². The van der Waals surface area contributed by atoms with Crippen LogP contribution in [-0.2, 0) is 16.1 Å². The van der Waals surface area contributed by atoms with Gasteiger partial charge in [0.05, 0.1) is 27.4 Å². The minimum atomic E-state index is -0.523. The van der Waals surface area contributed by atoms with E-state index in [1.54, 1.807) is 38.7 Å². The molecule has 1 fully saturated rings. The molecule has 1 N–H and O–H groups in total. The molecule has 1 amide bonds.